The van der Waals surface area contributed by atoms with Gasteiger partial charge in [-0.3, -0.25) is 0 Å². The largest absolute Gasteiger partial charge is 0.415 e. The molecule has 0 heterocycles. The van der Waals surface area contributed by atoms with Gasteiger partial charge >= 0.3 is 0 Å². The van der Waals surface area contributed by atoms with Crippen LogP contribution in [0.3, 0.4) is 0 Å². The van der Waals surface area contributed by atoms with Gasteiger partial charge in [-0.05, 0) is 51.9 Å². The number of unbranched alkanes of at least 4 members (excludes halogenated alkanes) is 1. The van der Waals surface area contributed by atoms with Crippen molar-refractivity contribution < 1.29 is 19.4 Å². The minimum absolute atomic E-state index is 0.0158. The molecule has 0 aromatic heterocycles. The fourth-order valence-corrected chi connectivity index (χ4v) is 8.99. The Hall–Kier alpha value is 0.274. The average molecular weight is 407 g/mol. The van der Waals surface area contributed by atoms with Gasteiger partial charge in [0.2, 0.25) is 0 Å². The predicted molar refractivity (Wildman–Crippen MR) is 117 cm³/mol. The average Bonchev–Trinajstić information content (AvgIpc) is 2.56. The first-order chi connectivity index (χ1) is 11.9. The van der Waals surface area contributed by atoms with Crippen LogP contribution >= 0.6 is 0 Å². The van der Waals surface area contributed by atoms with E-state index in [1.807, 2.05) is 6.92 Å². The van der Waals surface area contributed by atoms with E-state index in [9.17, 15) is 10.2 Å². The van der Waals surface area contributed by atoms with E-state index in [1.165, 1.54) is 18.9 Å². The summed E-state index contributed by atoms with van der Waals surface area (Å²) in [7, 11) is -3.24. The Morgan fingerprint density at radius 3 is 1.92 bits per heavy atom. The second-order valence-corrected chi connectivity index (χ2v) is 19.3. The lowest BCUT2D eigenvalue weighted by atomic mass is 9.84. The van der Waals surface area contributed by atoms with E-state index < -0.39 is 21.8 Å². The lowest BCUT2D eigenvalue weighted by Gasteiger charge is -2.45. The predicted octanol–water partition coefficient (Wildman–Crippen LogP) is 4.82. The van der Waals surface area contributed by atoms with Crippen LogP contribution in [0.5, 0.6) is 0 Å². The maximum Gasteiger partial charge on any atom is 0.187 e. The second-order valence-electron chi connectivity index (χ2n) is 9.64. The molecule has 0 aliphatic carbocycles. The van der Waals surface area contributed by atoms with Gasteiger partial charge in [-0.1, -0.05) is 39.8 Å². The first-order valence-corrected chi connectivity index (χ1v) is 16.7. The molecule has 0 rings (SSSR count). The van der Waals surface area contributed by atoms with Crippen molar-refractivity contribution in [3.8, 4) is 0 Å². The van der Waals surface area contributed by atoms with Crippen molar-refractivity contribution in [1.82, 2.24) is 0 Å². The molecule has 0 unspecified atom stereocenters. The molecule has 0 fully saturated rings. The smallest absolute Gasteiger partial charge is 0.187 e. The summed E-state index contributed by atoms with van der Waals surface area (Å²) in [5.41, 5.74) is -0.399. The van der Waals surface area contributed by atoms with Crippen molar-refractivity contribution in [3.05, 3.63) is 0 Å². The monoisotopic (exact) mass is 406 g/mol. The molecule has 0 saturated carbocycles. The van der Waals surface area contributed by atoms with E-state index in [0.717, 1.165) is 19.1 Å². The van der Waals surface area contributed by atoms with Crippen molar-refractivity contribution in [3.63, 3.8) is 0 Å². The molecular weight excluding hydrogens is 360 g/mol. The minimum Gasteiger partial charge on any atom is -0.415 e. The summed E-state index contributed by atoms with van der Waals surface area (Å²) in [6.07, 6.45) is 3.96. The van der Waals surface area contributed by atoms with Crippen LogP contribution in [0.1, 0.15) is 53.4 Å². The molecular formula is C20H46O4Si2. The Morgan fingerprint density at radius 1 is 0.885 bits per heavy atom. The van der Waals surface area contributed by atoms with E-state index in [0.29, 0.717) is 13.0 Å². The first-order valence-electron chi connectivity index (χ1n) is 10.4. The summed E-state index contributed by atoms with van der Waals surface area (Å²) in [4.78, 5) is 0. The van der Waals surface area contributed by atoms with Crippen LogP contribution < -0.4 is 0 Å². The zero-order valence-electron chi connectivity index (χ0n) is 18.8. The summed E-state index contributed by atoms with van der Waals surface area (Å²) in [5.74, 6) is 0. The molecule has 0 aliphatic heterocycles. The molecule has 26 heavy (non-hydrogen) atoms. The highest BCUT2D eigenvalue weighted by molar-refractivity contribution is 6.81. The molecule has 0 bridgehead atoms. The van der Waals surface area contributed by atoms with E-state index in [1.54, 1.807) is 0 Å². The molecule has 6 heteroatoms. The molecule has 0 atom stereocenters. The number of hydrogen-bond acceptors (Lipinski definition) is 4. The molecule has 158 valence electrons. The van der Waals surface area contributed by atoms with Crippen LogP contribution in [0.15, 0.2) is 0 Å². The lowest BCUT2D eigenvalue weighted by Crippen LogP contribution is -2.57. The zero-order chi connectivity index (χ0) is 20.5. The fourth-order valence-electron chi connectivity index (χ4n) is 3.11. The standard InChI is InChI=1S/C20H46O4Si2/c1-9-11-15-26(7,8)24-19(3,4)25(5,6)16-14-23-13-12-20(10-2,17-21)18-22/h21-22H,9-18H2,1-8H3. The third-order valence-corrected chi connectivity index (χ3v) is 14.0. The van der Waals surface area contributed by atoms with Crippen molar-refractivity contribution in [2.75, 3.05) is 26.4 Å². The molecule has 0 saturated heterocycles. The van der Waals surface area contributed by atoms with Crippen molar-refractivity contribution in [1.29, 1.82) is 0 Å². The SMILES string of the molecule is CCCC[Si](C)(C)OC(C)(C)[Si](C)(C)CCOCCC(CC)(CO)CO. The molecule has 0 aliphatic rings. The summed E-state index contributed by atoms with van der Waals surface area (Å²) in [6, 6.07) is 2.30. The Labute approximate surface area is 164 Å². The van der Waals surface area contributed by atoms with Crippen LogP contribution in [0.2, 0.25) is 38.3 Å². The number of hydrogen-bond donors (Lipinski definition) is 2. The number of aliphatic hydroxyl groups is 2. The van der Waals surface area contributed by atoms with Gasteiger partial charge in [0.05, 0.1) is 21.3 Å². The van der Waals surface area contributed by atoms with Crippen molar-refractivity contribution in [2.45, 2.75) is 96.9 Å². The van der Waals surface area contributed by atoms with Gasteiger partial charge in [0.15, 0.2) is 8.32 Å². The van der Waals surface area contributed by atoms with E-state index in [-0.39, 0.29) is 18.4 Å². The highest BCUT2D eigenvalue weighted by Gasteiger charge is 2.43. The fraction of sp³-hybridized carbons (Fsp3) is 1.00. The van der Waals surface area contributed by atoms with Gasteiger partial charge in [-0.25, -0.2) is 0 Å². The third kappa shape index (κ3) is 8.52. The van der Waals surface area contributed by atoms with Gasteiger partial charge in [-0.15, -0.1) is 0 Å². The van der Waals surface area contributed by atoms with Crippen LogP contribution in [-0.4, -0.2) is 58.3 Å². The maximum atomic E-state index is 9.52. The Balaban J connectivity index is 4.50. The summed E-state index contributed by atoms with van der Waals surface area (Å²) < 4.78 is 12.6. The van der Waals surface area contributed by atoms with E-state index >= 15 is 0 Å². The Bertz CT molecular complexity index is 372. The molecule has 0 amide bonds. The summed E-state index contributed by atoms with van der Waals surface area (Å²) in [6.45, 7) is 19.7. The van der Waals surface area contributed by atoms with Gasteiger partial charge in [-0.2, -0.15) is 0 Å². The maximum absolute atomic E-state index is 9.52. The molecule has 0 radical (unpaired) electrons. The normalized spacial score (nSPS) is 14.1. The minimum atomic E-state index is -1.63. The highest BCUT2D eigenvalue weighted by atomic mass is 28.4. The van der Waals surface area contributed by atoms with Crippen molar-refractivity contribution in [2.24, 2.45) is 5.41 Å². The number of aliphatic hydroxyl groups excluding tert-OH is 2. The van der Waals surface area contributed by atoms with Gasteiger partial charge in [0.1, 0.15) is 0 Å². The summed E-state index contributed by atoms with van der Waals surface area (Å²) >= 11 is 0. The molecule has 0 aromatic rings. The molecule has 4 nitrogen and oxygen atoms in total. The quantitative estimate of drug-likeness (QED) is 0.302. The van der Waals surface area contributed by atoms with Crippen LogP contribution in [0.4, 0.5) is 0 Å². The topological polar surface area (TPSA) is 58.9 Å². The van der Waals surface area contributed by atoms with E-state index in [4.69, 9.17) is 9.16 Å². The van der Waals surface area contributed by atoms with Crippen LogP contribution in [-0.2, 0) is 9.16 Å². The number of ether oxygens (including phenoxy) is 1. The third-order valence-electron chi connectivity index (χ3n) is 6.36. The summed E-state index contributed by atoms with van der Waals surface area (Å²) in [5, 5.41) is 19.0. The zero-order valence-corrected chi connectivity index (χ0v) is 20.8. The Morgan fingerprint density at radius 2 is 1.46 bits per heavy atom. The van der Waals surface area contributed by atoms with Gasteiger partial charge in [0.25, 0.3) is 0 Å². The van der Waals surface area contributed by atoms with Gasteiger partial charge in [0, 0.05) is 23.9 Å². The molecule has 0 aromatic carbocycles. The first kappa shape index (κ1) is 26.3. The molecule has 2 N–H and O–H groups in total. The van der Waals surface area contributed by atoms with E-state index in [2.05, 4.69) is 47.0 Å². The molecule has 0 spiro atoms. The lowest BCUT2D eigenvalue weighted by molar-refractivity contribution is 0.0150. The number of rotatable bonds is 15. The van der Waals surface area contributed by atoms with Crippen molar-refractivity contribution >= 4 is 16.4 Å². The highest BCUT2D eigenvalue weighted by Crippen LogP contribution is 2.33. The van der Waals surface area contributed by atoms with Crippen LogP contribution in [0.25, 0.3) is 0 Å². The van der Waals surface area contributed by atoms with Gasteiger partial charge < -0.3 is 19.4 Å². The van der Waals surface area contributed by atoms with Crippen LogP contribution in [0, 0.1) is 5.41 Å². The second kappa shape index (κ2) is 11.3. The Kier molecular flexibility index (Phi) is 11.4.